The zero-order valence-corrected chi connectivity index (χ0v) is 6.71. The van der Waals surface area contributed by atoms with Gasteiger partial charge < -0.3 is 0 Å². The first-order valence-electron chi connectivity index (χ1n) is 2.97. The Morgan fingerprint density at radius 3 is 2.36 bits per heavy atom. The minimum Gasteiger partial charge on any atom is -0.171 e. The maximum absolute atomic E-state index is 11.5. The molecule has 0 unspecified atom stereocenters. The van der Waals surface area contributed by atoms with Gasteiger partial charge >= 0.3 is 6.18 Å². The second-order valence-electron chi connectivity index (χ2n) is 2.00. The summed E-state index contributed by atoms with van der Waals surface area (Å²) in [5, 5.41) is 0.462. The van der Waals surface area contributed by atoms with Crippen LogP contribution in [-0.4, -0.2) is 6.18 Å². The molecule has 4 heteroatoms. The number of hydrogen-bond donors (Lipinski definition) is 0. The summed E-state index contributed by atoms with van der Waals surface area (Å²) in [6, 6.07) is 0. The van der Waals surface area contributed by atoms with Crippen LogP contribution in [-0.2, 0) is 0 Å². The standard InChI is InChI=1S/C7H8ClF3/c1-6(8)4-2-3-5-7(9,10)11/h2-4H,5H2,1H3/b3-2-,6-4+. The molecule has 0 radical (unpaired) electrons. The normalized spacial score (nSPS) is 14.5. The minimum atomic E-state index is -4.12. The quantitative estimate of drug-likeness (QED) is 0.575. The Labute approximate surface area is 68.3 Å². The molecule has 0 fully saturated rings. The molecule has 0 amide bonds. The highest BCUT2D eigenvalue weighted by Crippen LogP contribution is 2.19. The Morgan fingerprint density at radius 2 is 2.00 bits per heavy atom. The number of halogens is 4. The van der Waals surface area contributed by atoms with Crippen molar-refractivity contribution in [2.24, 2.45) is 0 Å². The average Bonchev–Trinajstić information content (AvgIpc) is 1.78. The Hall–Kier alpha value is -0.440. The molecule has 0 bridgehead atoms. The van der Waals surface area contributed by atoms with Crippen LogP contribution in [0, 0.1) is 0 Å². The molecule has 0 aliphatic carbocycles. The van der Waals surface area contributed by atoms with Crippen molar-refractivity contribution in [3.05, 3.63) is 23.3 Å². The molecule has 0 aromatic heterocycles. The maximum atomic E-state index is 11.5. The summed E-state index contributed by atoms with van der Waals surface area (Å²) in [5.41, 5.74) is 0. The molecule has 0 spiro atoms. The van der Waals surface area contributed by atoms with E-state index in [0.29, 0.717) is 5.03 Å². The smallest absolute Gasteiger partial charge is 0.171 e. The predicted molar refractivity (Wildman–Crippen MR) is 39.4 cm³/mol. The molecular formula is C7H8ClF3. The number of allylic oxidation sites excluding steroid dienone is 4. The Morgan fingerprint density at radius 1 is 1.45 bits per heavy atom. The van der Waals surface area contributed by atoms with Gasteiger partial charge in [0.2, 0.25) is 0 Å². The van der Waals surface area contributed by atoms with Crippen LogP contribution in [0.4, 0.5) is 13.2 Å². The topological polar surface area (TPSA) is 0 Å². The van der Waals surface area contributed by atoms with Gasteiger partial charge in [0, 0.05) is 5.03 Å². The first-order chi connectivity index (χ1) is 4.92. The Bertz CT molecular complexity index is 163. The highest BCUT2D eigenvalue weighted by atomic mass is 35.5. The molecule has 0 aliphatic rings. The summed E-state index contributed by atoms with van der Waals surface area (Å²) >= 11 is 5.36. The third-order valence-electron chi connectivity index (χ3n) is 0.811. The summed E-state index contributed by atoms with van der Waals surface area (Å²) in [6.45, 7) is 1.60. The summed E-state index contributed by atoms with van der Waals surface area (Å²) in [5.74, 6) is 0. The van der Waals surface area contributed by atoms with Gasteiger partial charge in [0.25, 0.3) is 0 Å². The van der Waals surface area contributed by atoms with E-state index in [1.165, 1.54) is 12.2 Å². The van der Waals surface area contributed by atoms with Gasteiger partial charge in [-0.1, -0.05) is 23.8 Å². The number of rotatable bonds is 2. The van der Waals surface area contributed by atoms with E-state index in [9.17, 15) is 13.2 Å². The van der Waals surface area contributed by atoms with E-state index < -0.39 is 12.6 Å². The first-order valence-corrected chi connectivity index (χ1v) is 3.35. The Kier molecular flexibility index (Phi) is 4.26. The van der Waals surface area contributed by atoms with Crippen molar-refractivity contribution < 1.29 is 13.2 Å². The fourth-order valence-corrected chi connectivity index (χ4v) is 0.475. The number of hydrogen-bond acceptors (Lipinski definition) is 0. The molecule has 0 saturated heterocycles. The van der Waals surface area contributed by atoms with Gasteiger partial charge in [-0.2, -0.15) is 13.2 Å². The van der Waals surface area contributed by atoms with Crippen molar-refractivity contribution in [3.63, 3.8) is 0 Å². The average molecular weight is 185 g/mol. The molecule has 0 saturated carbocycles. The second kappa shape index (κ2) is 4.44. The van der Waals surface area contributed by atoms with Crippen LogP contribution in [0.15, 0.2) is 23.3 Å². The molecule has 0 aromatic rings. The van der Waals surface area contributed by atoms with Crippen molar-refractivity contribution in [2.75, 3.05) is 0 Å². The third-order valence-corrected chi connectivity index (χ3v) is 0.937. The highest BCUT2D eigenvalue weighted by molar-refractivity contribution is 6.29. The minimum absolute atomic E-state index is 0.462. The zero-order valence-electron chi connectivity index (χ0n) is 5.95. The number of alkyl halides is 3. The van der Waals surface area contributed by atoms with Crippen molar-refractivity contribution >= 4 is 11.6 Å². The maximum Gasteiger partial charge on any atom is 0.392 e. The fourth-order valence-electron chi connectivity index (χ4n) is 0.402. The van der Waals surface area contributed by atoms with Gasteiger partial charge in [0.1, 0.15) is 0 Å². The second-order valence-corrected chi connectivity index (χ2v) is 2.60. The van der Waals surface area contributed by atoms with Crippen LogP contribution in [0.1, 0.15) is 13.3 Å². The van der Waals surface area contributed by atoms with E-state index in [0.717, 1.165) is 6.08 Å². The lowest BCUT2D eigenvalue weighted by molar-refractivity contribution is -0.125. The fraction of sp³-hybridized carbons (Fsp3) is 0.429. The van der Waals surface area contributed by atoms with Gasteiger partial charge in [-0.05, 0) is 13.0 Å². The monoisotopic (exact) mass is 184 g/mol. The Balaban J connectivity index is 3.71. The highest BCUT2D eigenvalue weighted by Gasteiger charge is 2.24. The van der Waals surface area contributed by atoms with E-state index >= 15 is 0 Å². The van der Waals surface area contributed by atoms with Gasteiger partial charge in [-0.25, -0.2) is 0 Å². The van der Waals surface area contributed by atoms with Crippen LogP contribution < -0.4 is 0 Å². The van der Waals surface area contributed by atoms with E-state index in [-0.39, 0.29) is 0 Å². The first kappa shape index (κ1) is 10.6. The largest absolute Gasteiger partial charge is 0.392 e. The van der Waals surface area contributed by atoms with E-state index in [4.69, 9.17) is 11.6 Å². The summed E-state index contributed by atoms with van der Waals surface area (Å²) < 4.78 is 34.4. The van der Waals surface area contributed by atoms with E-state index in [1.807, 2.05) is 0 Å². The molecule has 0 aliphatic heterocycles. The van der Waals surface area contributed by atoms with Crippen LogP contribution in [0.3, 0.4) is 0 Å². The molecule has 64 valence electrons. The molecule has 0 aromatic carbocycles. The van der Waals surface area contributed by atoms with Crippen LogP contribution in [0.2, 0.25) is 0 Å². The van der Waals surface area contributed by atoms with Gasteiger partial charge in [-0.15, -0.1) is 0 Å². The summed E-state index contributed by atoms with van der Waals surface area (Å²) in [6.07, 6.45) is -1.31. The van der Waals surface area contributed by atoms with E-state index in [1.54, 1.807) is 6.92 Å². The molecule has 0 N–H and O–H groups in total. The van der Waals surface area contributed by atoms with Crippen LogP contribution >= 0.6 is 11.6 Å². The summed E-state index contributed by atoms with van der Waals surface area (Å²) in [7, 11) is 0. The molecule has 11 heavy (non-hydrogen) atoms. The third kappa shape index (κ3) is 9.56. The summed E-state index contributed by atoms with van der Waals surface area (Å²) in [4.78, 5) is 0. The van der Waals surface area contributed by atoms with Gasteiger partial charge in [-0.3, -0.25) is 0 Å². The van der Waals surface area contributed by atoms with Crippen molar-refractivity contribution in [3.8, 4) is 0 Å². The lowest BCUT2D eigenvalue weighted by Gasteiger charge is -1.98. The van der Waals surface area contributed by atoms with Crippen molar-refractivity contribution in [1.29, 1.82) is 0 Å². The lowest BCUT2D eigenvalue weighted by atomic mass is 10.3. The molecule has 0 nitrogen and oxygen atoms in total. The predicted octanol–water partition coefficient (Wildman–Crippen LogP) is 3.64. The molecular weight excluding hydrogens is 177 g/mol. The molecule has 0 atom stereocenters. The van der Waals surface area contributed by atoms with Gasteiger partial charge in [0.15, 0.2) is 0 Å². The van der Waals surface area contributed by atoms with Crippen LogP contribution in [0.25, 0.3) is 0 Å². The van der Waals surface area contributed by atoms with Gasteiger partial charge in [0.05, 0.1) is 6.42 Å². The van der Waals surface area contributed by atoms with Crippen molar-refractivity contribution in [1.82, 2.24) is 0 Å². The lowest BCUT2D eigenvalue weighted by Crippen LogP contribution is -2.03. The molecule has 0 heterocycles. The van der Waals surface area contributed by atoms with E-state index in [2.05, 4.69) is 0 Å². The SMILES string of the molecule is C/C(Cl)=C\C=C/CC(F)(F)F. The van der Waals surface area contributed by atoms with Crippen molar-refractivity contribution in [2.45, 2.75) is 19.5 Å². The zero-order chi connectivity index (χ0) is 8.91. The molecule has 0 rings (SSSR count). The van der Waals surface area contributed by atoms with Crippen LogP contribution in [0.5, 0.6) is 0 Å².